The number of aryl methyl sites for hydroxylation is 2. The van der Waals surface area contributed by atoms with E-state index in [0.29, 0.717) is 5.92 Å². The lowest BCUT2D eigenvalue weighted by atomic mass is 9.98. The zero-order valence-corrected chi connectivity index (χ0v) is 17.4. The van der Waals surface area contributed by atoms with E-state index in [-0.39, 0.29) is 0 Å². The maximum atomic E-state index is 5.67. The number of likely N-dealkylation sites (tertiary alicyclic amines) is 1. The summed E-state index contributed by atoms with van der Waals surface area (Å²) in [5.74, 6) is 2.26. The van der Waals surface area contributed by atoms with E-state index in [0.717, 1.165) is 59.3 Å². The van der Waals surface area contributed by atoms with E-state index in [2.05, 4.69) is 41.2 Å². The van der Waals surface area contributed by atoms with Crippen LogP contribution in [0.3, 0.4) is 0 Å². The number of fused-ring (bicyclic) bond motifs is 1. The van der Waals surface area contributed by atoms with Crippen LogP contribution >= 0.6 is 12.2 Å². The summed E-state index contributed by atoms with van der Waals surface area (Å²) < 4.78 is 5.21. The van der Waals surface area contributed by atoms with Gasteiger partial charge in [0.05, 0.1) is 18.1 Å². The molecule has 1 aliphatic rings. The SMILES string of the molecule is COc1ccc(NC(=S)N2CCCC(c3nc4cc(C)c(C)cc4[nH]3)C2)cc1. The normalized spacial score (nSPS) is 17.0. The average molecular weight is 395 g/mol. The molecule has 2 aromatic carbocycles. The molecule has 1 saturated heterocycles. The molecule has 1 aliphatic heterocycles. The second-order valence-electron chi connectivity index (χ2n) is 7.52. The van der Waals surface area contributed by atoms with Gasteiger partial charge in [0.15, 0.2) is 5.11 Å². The number of methoxy groups -OCH3 is 1. The molecule has 0 radical (unpaired) electrons. The van der Waals surface area contributed by atoms with Crippen LogP contribution in [0.15, 0.2) is 36.4 Å². The maximum absolute atomic E-state index is 5.67. The summed E-state index contributed by atoms with van der Waals surface area (Å²) in [6.45, 7) is 6.12. The van der Waals surface area contributed by atoms with Gasteiger partial charge in [-0.25, -0.2) is 4.98 Å². The Bertz CT molecular complexity index is 957. The molecule has 1 atom stereocenters. The van der Waals surface area contributed by atoms with E-state index < -0.39 is 0 Å². The van der Waals surface area contributed by atoms with Crippen LogP contribution in [0.1, 0.15) is 35.7 Å². The fraction of sp³-hybridized carbons (Fsp3) is 0.364. The number of anilines is 1. The van der Waals surface area contributed by atoms with Crippen LogP contribution in [0.2, 0.25) is 0 Å². The maximum Gasteiger partial charge on any atom is 0.173 e. The van der Waals surface area contributed by atoms with E-state index in [9.17, 15) is 0 Å². The largest absolute Gasteiger partial charge is 0.497 e. The number of aromatic amines is 1. The van der Waals surface area contributed by atoms with E-state index in [1.165, 1.54) is 11.1 Å². The molecule has 2 heterocycles. The van der Waals surface area contributed by atoms with Gasteiger partial charge < -0.3 is 19.9 Å². The molecule has 5 nitrogen and oxygen atoms in total. The van der Waals surface area contributed by atoms with Gasteiger partial charge in [0.1, 0.15) is 11.6 Å². The van der Waals surface area contributed by atoms with Crippen molar-refractivity contribution in [3.05, 3.63) is 53.3 Å². The summed E-state index contributed by atoms with van der Waals surface area (Å²) in [6, 6.07) is 12.2. The smallest absolute Gasteiger partial charge is 0.173 e. The Hall–Kier alpha value is -2.60. The Kier molecular flexibility index (Phi) is 5.22. The van der Waals surface area contributed by atoms with Gasteiger partial charge >= 0.3 is 0 Å². The van der Waals surface area contributed by atoms with Gasteiger partial charge in [-0.2, -0.15) is 0 Å². The van der Waals surface area contributed by atoms with Gasteiger partial charge in [0, 0.05) is 24.7 Å². The van der Waals surface area contributed by atoms with Gasteiger partial charge in [-0.05, 0) is 86.4 Å². The molecular weight excluding hydrogens is 368 g/mol. The molecule has 0 amide bonds. The highest BCUT2D eigenvalue weighted by molar-refractivity contribution is 7.80. The predicted molar refractivity (Wildman–Crippen MR) is 118 cm³/mol. The lowest BCUT2D eigenvalue weighted by Crippen LogP contribution is -2.41. The zero-order valence-electron chi connectivity index (χ0n) is 16.6. The van der Waals surface area contributed by atoms with Gasteiger partial charge in [0.2, 0.25) is 0 Å². The number of rotatable bonds is 3. The predicted octanol–water partition coefficient (Wildman–Crippen LogP) is 4.76. The number of piperidine rings is 1. The van der Waals surface area contributed by atoms with Gasteiger partial charge in [-0.1, -0.05) is 0 Å². The number of hydrogen-bond donors (Lipinski definition) is 2. The zero-order chi connectivity index (χ0) is 19.7. The minimum atomic E-state index is 0.359. The minimum Gasteiger partial charge on any atom is -0.497 e. The Balaban J connectivity index is 1.47. The second kappa shape index (κ2) is 7.80. The molecule has 1 aromatic heterocycles. The van der Waals surface area contributed by atoms with Crippen molar-refractivity contribution in [3.8, 4) is 5.75 Å². The number of benzene rings is 2. The van der Waals surface area contributed by atoms with E-state index in [1.807, 2.05) is 24.3 Å². The number of H-pyrrole nitrogens is 1. The first-order chi connectivity index (χ1) is 13.5. The first kappa shape index (κ1) is 18.7. The van der Waals surface area contributed by atoms with Crippen molar-refractivity contribution in [2.45, 2.75) is 32.6 Å². The van der Waals surface area contributed by atoms with Crippen molar-refractivity contribution < 1.29 is 4.74 Å². The Morgan fingerprint density at radius 2 is 1.96 bits per heavy atom. The van der Waals surface area contributed by atoms with E-state index in [1.54, 1.807) is 7.11 Å². The van der Waals surface area contributed by atoms with Crippen LogP contribution in [0.25, 0.3) is 11.0 Å². The fourth-order valence-corrected chi connectivity index (χ4v) is 4.03. The number of aromatic nitrogens is 2. The highest BCUT2D eigenvalue weighted by atomic mass is 32.1. The average Bonchev–Trinajstić information content (AvgIpc) is 3.11. The van der Waals surface area contributed by atoms with Crippen molar-refractivity contribution in [2.24, 2.45) is 0 Å². The fourth-order valence-electron chi connectivity index (χ4n) is 3.74. The number of hydrogen-bond acceptors (Lipinski definition) is 3. The van der Waals surface area contributed by atoms with E-state index in [4.69, 9.17) is 21.9 Å². The van der Waals surface area contributed by atoms with Crippen LogP contribution in [0, 0.1) is 13.8 Å². The molecule has 0 spiro atoms. The summed E-state index contributed by atoms with van der Waals surface area (Å²) in [5, 5.41) is 4.11. The monoisotopic (exact) mass is 394 g/mol. The molecule has 146 valence electrons. The van der Waals surface area contributed by atoms with Gasteiger partial charge in [-0.3, -0.25) is 0 Å². The third kappa shape index (κ3) is 3.83. The molecule has 0 aliphatic carbocycles. The minimum absolute atomic E-state index is 0.359. The number of nitrogens with one attached hydrogen (secondary N) is 2. The quantitative estimate of drug-likeness (QED) is 0.627. The number of thiocarbonyl (C=S) groups is 1. The third-order valence-electron chi connectivity index (χ3n) is 5.55. The van der Waals surface area contributed by atoms with Crippen molar-refractivity contribution in [1.82, 2.24) is 14.9 Å². The molecule has 28 heavy (non-hydrogen) atoms. The van der Waals surface area contributed by atoms with Crippen LogP contribution in [-0.2, 0) is 0 Å². The third-order valence-corrected chi connectivity index (χ3v) is 5.91. The molecule has 3 aromatic rings. The number of nitrogens with zero attached hydrogens (tertiary/aromatic N) is 2. The first-order valence-electron chi connectivity index (χ1n) is 9.70. The molecule has 0 bridgehead atoms. The highest BCUT2D eigenvalue weighted by Crippen LogP contribution is 2.28. The number of ether oxygens (including phenoxy) is 1. The second-order valence-corrected chi connectivity index (χ2v) is 7.91. The van der Waals surface area contributed by atoms with Crippen LogP contribution in [0.4, 0.5) is 5.69 Å². The topological polar surface area (TPSA) is 53.2 Å². The Labute approximate surface area is 171 Å². The lowest BCUT2D eigenvalue weighted by molar-refractivity contribution is 0.307. The molecule has 1 fully saturated rings. The van der Waals surface area contributed by atoms with Crippen molar-refractivity contribution in [2.75, 3.05) is 25.5 Å². The molecule has 6 heteroatoms. The molecule has 4 rings (SSSR count). The number of imidazole rings is 1. The summed E-state index contributed by atoms with van der Waals surface area (Å²) >= 11 is 5.67. The van der Waals surface area contributed by atoms with Crippen LogP contribution in [-0.4, -0.2) is 40.2 Å². The Morgan fingerprint density at radius 3 is 2.71 bits per heavy atom. The molecular formula is C22H26N4OS. The van der Waals surface area contributed by atoms with Crippen LogP contribution < -0.4 is 10.1 Å². The van der Waals surface area contributed by atoms with Crippen LogP contribution in [0.5, 0.6) is 5.75 Å². The van der Waals surface area contributed by atoms with Gasteiger partial charge in [0.25, 0.3) is 0 Å². The first-order valence-corrected chi connectivity index (χ1v) is 10.1. The lowest BCUT2D eigenvalue weighted by Gasteiger charge is -2.33. The summed E-state index contributed by atoms with van der Waals surface area (Å²) in [5.41, 5.74) is 5.71. The van der Waals surface area contributed by atoms with E-state index >= 15 is 0 Å². The molecule has 2 N–H and O–H groups in total. The summed E-state index contributed by atoms with van der Waals surface area (Å²) in [6.07, 6.45) is 2.23. The Morgan fingerprint density at radius 1 is 1.21 bits per heavy atom. The van der Waals surface area contributed by atoms with Gasteiger partial charge in [-0.15, -0.1) is 0 Å². The molecule has 0 saturated carbocycles. The van der Waals surface area contributed by atoms with Crippen molar-refractivity contribution in [3.63, 3.8) is 0 Å². The summed E-state index contributed by atoms with van der Waals surface area (Å²) in [7, 11) is 1.67. The molecule has 1 unspecified atom stereocenters. The van der Waals surface area contributed by atoms with Crippen molar-refractivity contribution in [1.29, 1.82) is 0 Å². The van der Waals surface area contributed by atoms with Crippen molar-refractivity contribution >= 4 is 34.1 Å². The standard InChI is InChI=1S/C22H26N4OS/c1-14-11-19-20(12-15(14)2)25-21(24-19)16-5-4-10-26(13-16)22(28)23-17-6-8-18(27-3)9-7-17/h6-9,11-12,16H,4-5,10,13H2,1-3H3,(H,23,28)(H,24,25). The summed E-state index contributed by atoms with van der Waals surface area (Å²) in [4.78, 5) is 10.7. The highest BCUT2D eigenvalue weighted by Gasteiger charge is 2.25.